The second kappa shape index (κ2) is 6.30. The molecule has 0 bridgehead atoms. The summed E-state index contributed by atoms with van der Waals surface area (Å²) in [6.07, 6.45) is 0.668. The summed E-state index contributed by atoms with van der Waals surface area (Å²) < 4.78 is 12.2. The van der Waals surface area contributed by atoms with Crippen LogP contribution in [0.3, 0.4) is 0 Å². The van der Waals surface area contributed by atoms with Crippen molar-refractivity contribution in [1.82, 2.24) is 0 Å². The normalized spacial score (nSPS) is 12.4. The Balaban J connectivity index is 3.06. The van der Waals surface area contributed by atoms with Gasteiger partial charge in [0.15, 0.2) is 0 Å². The van der Waals surface area contributed by atoms with Gasteiger partial charge in [-0.3, -0.25) is 0 Å². The minimum absolute atomic E-state index is 0.115. The molecule has 0 unspecified atom stereocenters. The lowest BCUT2D eigenvalue weighted by Gasteiger charge is -2.33. The molecule has 0 saturated heterocycles. The first-order valence-electron chi connectivity index (χ1n) is 6.11. The van der Waals surface area contributed by atoms with Crippen LogP contribution >= 0.6 is 0 Å². The number of hydrogen-bond acceptors (Lipinski definition) is 3. The molecule has 2 N–H and O–H groups in total. The smallest absolute Gasteiger partial charge is 0.386 e. The zero-order chi connectivity index (χ0) is 12.9. The van der Waals surface area contributed by atoms with Gasteiger partial charge in [-0.05, 0) is 32.9 Å². The lowest BCUT2D eigenvalue weighted by Crippen LogP contribution is -2.61. The molecule has 4 heteroatoms. The average molecular weight is 253 g/mol. The van der Waals surface area contributed by atoms with Gasteiger partial charge < -0.3 is 14.6 Å². The van der Waals surface area contributed by atoms with Gasteiger partial charge in [0.25, 0.3) is 0 Å². The fourth-order valence-corrected chi connectivity index (χ4v) is 4.81. The van der Waals surface area contributed by atoms with E-state index in [0.29, 0.717) is 6.17 Å². The average Bonchev–Trinajstić information content (AvgIpc) is 2.28. The molecule has 0 aliphatic carbocycles. The van der Waals surface area contributed by atoms with E-state index in [9.17, 15) is 0 Å². The molecule has 0 aliphatic rings. The summed E-state index contributed by atoms with van der Waals surface area (Å²) in [6, 6.07) is 10.1. The summed E-state index contributed by atoms with van der Waals surface area (Å²) in [5, 5.41) is 1.10. The molecular formula is C13H23NO2Si. The van der Waals surface area contributed by atoms with Crippen molar-refractivity contribution in [2.75, 3.05) is 6.17 Å². The van der Waals surface area contributed by atoms with Crippen molar-refractivity contribution in [1.29, 1.82) is 0 Å². The van der Waals surface area contributed by atoms with Crippen LogP contribution in [0.5, 0.6) is 0 Å². The van der Waals surface area contributed by atoms with E-state index in [1.165, 1.54) is 0 Å². The van der Waals surface area contributed by atoms with E-state index >= 15 is 0 Å². The van der Waals surface area contributed by atoms with E-state index in [4.69, 9.17) is 14.6 Å². The lowest BCUT2D eigenvalue weighted by molar-refractivity contribution is 0.116. The highest BCUT2D eigenvalue weighted by atomic mass is 28.4. The molecule has 0 heterocycles. The van der Waals surface area contributed by atoms with Gasteiger partial charge >= 0.3 is 8.56 Å². The van der Waals surface area contributed by atoms with Crippen LogP contribution in [0.4, 0.5) is 0 Å². The zero-order valence-corrected chi connectivity index (χ0v) is 12.1. The third-order valence-corrected chi connectivity index (χ3v) is 5.79. The number of nitrogens with two attached hydrogens (primary N) is 1. The quantitative estimate of drug-likeness (QED) is 0.785. The van der Waals surface area contributed by atoms with Gasteiger partial charge in [-0.15, -0.1) is 0 Å². The molecule has 1 rings (SSSR count). The minimum atomic E-state index is -2.49. The number of benzene rings is 1. The van der Waals surface area contributed by atoms with Crippen molar-refractivity contribution in [3.63, 3.8) is 0 Å². The lowest BCUT2D eigenvalue weighted by atomic mass is 10.4. The topological polar surface area (TPSA) is 44.5 Å². The van der Waals surface area contributed by atoms with Gasteiger partial charge in [0.05, 0.1) is 0 Å². The SMILES string of the molecule is CC(C)O[Si](CN)(OC(C)C)c1ccccc1. The maximum atomic E-state index is 6.08. The molecule has 0 aliphatic heterocycles. The second-order valence-corrected chi connectivity index (χ2v) is 7.62. The summed E-state index contributed by atoms with van der Waals surface area (Å²) in [4.78, 5) is 0. The second-order valence-electron chi connectivity index (χ2n) is 4.66. The molecular weight excluding hydrogens is 230 g/mol. The minimum Gasteiger partial charge on any atom is -0.388 e. The molecule has 0 aromatic heterocycles. The van der Waals surface area contributed by atoms with Gasteiger partial charge in [0.1, 0.15) is 0 Å². The van der Waals surface area contributed by atoms with Crippen molar-refractivity contribution in [3.05, 3.63) is 30.3 Å². The summed E-state index contributed by atoms with van der Waals surface area (Å²) in [6.45, 7) is 8.07. The molecule has 1 aromatic rings. The largest absolute Gasteiger partial charge is 0.388 e. The van der Waals surface area contributed by atoms with Crippen molar-refractivity contribution in [2.45, 2.75) is 39.9 Å². The van der Waals surface area contributed by atoms with Crippen LogP contribution in [0.1, 0.15) is 27.7 Å². The van der Waals surface area contributed by atoms with Gasteiger partial charge in [0.2, 0.25) is 0 Å². The van der Waals surface area contributed by atoms with Crippen LogP contribution in [0.15, 0.2) is 30.3 Å². The van der Waals surface area contributed by atoms with Crippen LogP contribution in [0, 0.1) is 0 Å². The van der Waals surface area contributed by atoms with E-state index in [-0.39, 0.29) is 12.2 Å². The first kappa shape index (κ1) is 14.4. The van der Waals surface area contributed by atoms with Gasteiger partial charge in [-0.25, -0.2) is 0 Å². The van der Waals surface area contributed by atoms with Crippen LogP contribution in [0.2, 0.25) is 0 Å². The Morgan fingerprint density at radius 2 is 1.47 bits per heavy atom. The molecule has 0 fully saturated rings. The Bertz CT molecular complexity index is 317. The van der Waals surface area contributed by atoms with Crippen molar-refractivity contribution >= 4 is 13.7 Å². The summed E-state index contributed by atoms with van der Waals surface area (Å²) >= 11 is 0. The third kappa shape index (κ3) is 3.92. The molecule has 96 valence electrons. The summed E-state index contributed by atoms with van der Waals surface area (Å²) in [5.74, 6) is 0. The highest BCUT2D eigenvalue weighted by molar-refractivity contribution is 6.81. The number of hydrogen-bond donors (Lipinski definition) is 1. The molecule has 1 aromatic carbocycles. The van der Waals surface area contributed by atoms with Gasteiger partial charge in [-0.1, -0.05) is 30.3 Å². The predicted molar refractivity (Wildman–Crippen MR) is 73.3 cm³/mol. The predicted octanol–water partition coefficient (Wildman–Crippen LogP) is 1.68. The van der Waals surface area contributed by atoms with Crippen LogP contribution < -0.4 is 10.9 Å². The monoisotopic (exact) mass is 253 g/mol. The van der Waals surface area contributed by atoms with Gasteiger partial charge in [-0.2, -0.15) is 0 Å². The molecule has 0 saturated carbocycles. The summed E-state index contributed by atoms with van der Waals surface area (Å²) in [5.41, 5.74) is 5.95. The highest BCUT2D eigenvalue weighted by Gasteiger charge is 2.40. The molecule has 0 amide bonds. The first-order valence-corrected chi connectivity index (χ1v) is 8.14. The summed E-state index contributed by atoms with van der Waals surface area (Å²) in [7, 11) is -2.49. The fraction of sp³-hybridized carbons (Fsp3) is 0.538. The maximum absolute atomic E-state index is 6.08. The van der Waals surface area contributed by atoms with Crippen molar-refractivity contribution < 1.29 is 8.85 Å². The molecule has 0 radical (unpaired) electrons. The molecule has 0 spiro atoms. The molecule has 3 nitrogen and oxygen atoms in total. The standard InChI is InChI=1S/C13H23NO2Si/c1-11(2)15-17(10-14,16-12(3)4)13-8-6-5-7-9-13/h5-9,11-12H,10,14H2,1-4H3. The molecule has 17 heavy (non-hydrogen) atoms. The Labute approximate surface area is 105 Å². The van der Waals surface area contributed by atoms with Crippen LogP contribution in [-0.4, -0.2) is 26.9 Å². The van der Waals surface area contributed by atoms with E-state index in [2.05, 4.69) is 0 Å². The van der Waals surface area contributed by atoms with Crippen LogP contribution in [0.25, 0.3) is 0 Å². The first-order chi connectivity index (χ1) is 8.00. The van der Waals surface area contributed by atoms with E-state index in [1.807, 2.05) is 58.0 Å². The highest BCUT2D eigenvalue weighted by Crippen LogP contribution is 2.12. The van der Waals surface area contributed by atoms with Crippen LogP contribution in [-0.2, 0) is 8.85 Å². The van der Waals surface area contributed by atoms with Crippen molar-refractivity contribution in [3.8, 4) is 0 Å². The third-order valence-electron chi connectivity index (χ3n) is 2.33. The molecule has 0 atom stereocenters. The Hall–Kier alpha value is -0.683. The van der Waals surface area contributed by atoms with E-state index < -0.39 is 8.56 Å². The van der Waals surface area contributed by atoms with E-state index in [0.717, 1.165) is 5.19 Å². The number of rotatable bonds is 6. The van der Waals surface area contributed by atoms with E-state index in [1.54, 1.807) is 0 Å². The Kier molecular flexibility index (Phi) is 5.33. The zero-order valence-electron chi connectivity index (χ0n) is 11.1. The Morgan fingerprint density at radius 3 is 1.82 bits per heavy atom. The van der Waals surface area contributed by atoms with Crippen molar-refractivity contribution in [2.24, 2.45) is 5.73 Å². The fourth-order valence-electron chi connectivity index (χ4n) is 1.83. The maximum Gasteiger partial charge on any atom is 0.386 e. The Morgan fingerprint density at radius 1 is 1.00 bits per heavy atom. The van der Waals surface area contributed by atoms with Gasteiger partial charge in [0, 0.05) is 18.4 Å².